The van der Waals surface area contributed by atoms with Gasteiger partial charge in [0.1, 0.15) is 5.82 Å². The van der Waals surface area contributed by atoms with Crippen LogP contribution in [0.5, 0.6) is 0 Å². The molecule has 0 saturated heterocycles. The van der Waals surface area contributed by atoms with E-state index in [1.807, 2.05) is 13.0 Å². The van der Waals surface area contributed by atoms with Crippen molar-refractivity contribution in [1.82, 2.24) is 4.98 Å². The van der Waals surface area contributed by atoms with Gasteiger partial charge in [0.25, 0.3) is 0 Å². The van der Waals surface area contributed by atoms with Crippen molar-refractivity contribution in [2.45, 2.75) is 32.2 Å². The van der Waals surface area contributed by atoms with Crippen molar-refractivity contribution in [2.24, 2.45) is 0 Å². The predicted molar refractivity (Wildman–Crippen MR) is 64.0 cm³/mol. The van der Waals surface area contributed by atoms with Gasteiger partial charge in [0.2, 0.25) is 0 Å². The molecule has 0 unspecified atom stereocenters. The van der Waals surface area contributed by atoms with Gasteiger partial charge < -0.3 is 10.6 Å². The van der Waals surface area contributed by atoms with Crippen LogP contribution in [0, 0.1) is 18.3 Å². The van der Waals surface area contributed by atoms with Gasteiger partial charge in [-0.2, -0.15) is 5.26 Å². The molecule has 1 aliphatic carbocycles. The molecule has 0 radical (unpaired) electrons. The van der Waals surface area contributed by atoms with Gasteiger partial charge in [-0.3, -0.25) is 0 Å². The van der Waals surface area contributed by atoms with E-state index in [0.29, 0.717) is 12.5 Å². The first-order valence-corrected chi connectivity index (χ1v) is 5.58. The number of nitrogens with zero attached hydrogens (tertiary/aromatic N) is 3. The number of pyridine rings is 1. The summed E-state index contributed by atoms with van der Waals surface area (Å²) in [5, 5.41) is 8.65. The first kappa shape index (κ1) is 10.7. The third-order valence-electron chi connectivity index (χ3n) is 2.88. The van der Waals surface area contributed by atoms with Gasteiger partial charge in [0.15, 0.2) is 0 Å². The summed E-state index contributed by atoms with van der Waals surface area (Å²) in [5.74, 6) is 0.949. The van der Waals surface area contributed by atoms with Gasteiger partial charge in [-0.05, 0) is 31.4 Å². The SMILES string of the molecule is Cc1cc(N(CCC#N)C2CC2)ncc1N. The molecule has 2 rings (SSSR count). The highest BCUT2D eigenvalue weighted by molar-refractivity contribution is 5.53. The first-order valence-electron chi connectivity index (χ1n) is 5.58. The number of hydrogen-bond donors (Lipinski definition) is 1. The van der Waals surface area contributed by atoms with Gasteiger partial charge in [0, 0.05) is 12.6 Å². The highest BCUT2D eigenvalue weighted by Gasteiger charge is 2.29. The molecule has 0 spiro atoms. The van der Waals surface area contributed by atoms with Crippen LogP contribution in [0.2, 0.25) is 0 Å². The van der Waals surface area contributed by atoms with E-state index in [4.69, 9.17) is 11.0 Å². The van der Waals surface area contributed by atoms with Crippen LogP contribution in [-0.4, -0.2) is 17.6 Å². The van der Waals surface area contributed by atoms with Crippen LogP contribution in [0.4, 0.5) is 11.5 Å². The average molecular weight is 216 g/mol. The van der Waals surface area contributed by atoms with Crippen molar-refractivity contribution >= 4 is 11.5 Å². The molecule has 0 atom stereocenters. The van der Waals surface area contributed by atoms with Crippen molar-refractivity contribution < 1.29 is 0 Å². The maximum absolute atomic E-state index is 8.65. The Morgan fingerprint density at radius 3 is 2.94 bits per heavy atom. The molecule has 16 heavy (non-hydrogen) atoms. The van der Waals surface area contributed by atoms with Crippen molar-refractivity contribution in [3.8, 4) is 6.07 Å². The fourth-order valence-corrected chi connectivity index (χ4v) is 1.75. The zero-order valence-corrected chi connectivity index (χ0v) is 9.48. The maximum Gasteiger partial charge on any atom is 0.129 e. The molecule has 1 fully saturated rings. The molecule has 4 nitrogen and oxygen atoms in total. The van der Waals surface area contributed by atoms with Gasteiger partial charge in [-0.25, -0.2) is 4.98 Å². The van der Waals surface area contributed by atoms with Crippen molar-refractivity contribution in [3.63, 3.8) is 0 Å². The molecule has 1 aromatic heterocycles. The predicted octanol–water partition coefficient (Wildman–Crippen LogP) is 1.85. The highest BCUT2D eigenvalue weighted by atomic mass is 15.2. The molecule has 1 aliphatic rings. The minimum absolute atomic E-state index is 0.543. The maximum atomic E-state index is 8.65. The summed E-state index contributed by atoms with van der Waals surface area (Å²) >= 11 is 0. The van der Waals surface area contributed by atoms with E-state index in [2.05, 4.69) is 16.0 Å². The van der Waals surface area contributed by atoms with Gasteiger partial charge >= 0.3 is 0 Å². The highest BCUT2D eigenvalue weighted by Crippen LogP contribution is 2.31. The molecular formula is C12H16N4. The van der Waals surface area contributed by atoms with Crippen LogP contribution in [0.1, 0.15) is 24.8 Å². The number of rotatable bonds is 4. The lowest BCUT2D eigenvalue weighted by Gasteiger charge is -2.22. The fraction of sp³-hybridized carbons (Fsp3) is 0.500. The Morgan fingerprint density at radius 2 is 2.38 bits per heavy atom. The number of hydrogen-bond acceptors (Lipinski definition) is 4. The summed E-state index contributed by atoms with van der Waals surface area (Å²) in [7, 11) is 0. The minimum atomic E-state index is 0.543. The number of nitriles is 1. The number of anilines is 2. The Morgan fingerprint density at radius 1 is 1.62 bits per heavy atom. The molecular weight excluding hydrogens is 200 g/mol. The van der Waals surface area contributed by atoms with E-state index in [-0.39, 0.29) is 0 Å². The molecule has 4 heteroatoms. The van der Waals surface area contributed by atoms with Crippen LogP contribution < -0.4 is 10.6 Å². The van der Waals surface area contributed by atoms with E-state index >= 15 is 0 Å². The molecule has 0 aromatic carbocycles. The second-order valence-electron chi connectivity index (χ2n) is 4.23. The molecule has 84 valence electrons. The van der Waals surface area contributed by atoms with Crippen molar-refractivity contribution in [3.05, 3.63) is 17.8 Å². The van der Waals surface area contributed by atoms with Gasteiger partial charge in [-0.1, -0.05) is 0 Å². The van der Waals surface area contributed by atoms with Crippen LogP contribution in [0.15, 0.2) is 12.3 Å². The smallest absolute Gasteiger partial charge is 0.129 e. The Balaban J connectivity index is 2.18. The van der Waals surface area contributed by atoms with Crippen molar-refractivity contribution in [1.29, 1.82) is 5.26 Å². The Hall–Kier alpha value is -1.76. The zero-order chi connectivity index (χ0) is 11.5. The van der Waals surface area contributed by atoms with Crippen LogP contribution in [0.3, 0.4) is 0 Å². The summed E-state index contributed by atoms with van der Waals surface area (Å²) in [4.78, 5) is 6.56. The fourth-order valence-electron chi connectivity index (χ4n) is 1.75. The number of nitrogen functional groups attached to an aromatic ring is 1. The molecule has 1 heterocycles. The minimum Gasteiger partial charge on any atom is -0.397 e. The van der Waals surface area contributed by atoms with Crippen LogP contribution in [-0.2, 0) is 0 Å². The lowest BCUT2D eigenvalue weighted by atomic mass is 10.2. The van der Waals surface area contributed by atoms with Crippen molar-refractivity contribution in [2.75, 3.05) is 17.2 Å². The Bertz CT molecular complexity index is 418. The summed E-state index contributed by atoms with van der Waals surface area (Å²) < 4.78 is 0. The summed E-state index contributed by atoms with van der Waals surface area (Å²) in [6, 6.07) is 4.76. The van der Waals surface area contributed by atoms with Crippen LogP contribution in [0.25, 0.3) is 0 Å². The Labute approximate surface area is 95.7 Å². The molecule has 2 N–H and O–H groups in total. The normalized spacial score (nSPS) is 14.5. The second kappa shape index (κ2) is 4.40. The van der Waals surface area contributed by atoms with Gasteiger partial charge in [0.05, 0.1) is 24.4 Å². The lowest BCUT2D eigenvalue weighted by Crippen LogP contribution is -2.27. The number of nitrogens with two attached hydrogens (primary N) is 1. The largest absolute Gasteiger partial charge is 0.397 e. The topological polar surface area (TPSA) is 65.9 Å². The van der Waals surface area contributed by atoms with E-state index in [9.17, 15) is 0 Å². The molecule has 0 amide bonds. The summed E-state index contributed by atoms with van der Waals surface area (Å²) in [6.45, 7) is 2.74. The van der Waals surface area contributed by atoms with E-state index in [1.54, 1.807) is 6.20 Å². The number of aryl methyl sites for hydroxylation is 1. The van der Waals surface area contributed by atoms with E-state index in [0.717, 1.165) is 23.6 Å². The van der Waals surface area contributed by atoms with Gasteiger partial charge in [-0.15, -0.1) is 0 Å². The quantitative estimate of drug-likeness (QED) is 0.834. The third kappa shape index (κ3) is 2.25. The lowest BCUT2D eigenvalue weighted by molar-refractivity contribution is 0.778. The van der Waals surface area contributed by atoms with E-state index < -0.39 is 0 Å². The van der Waals surface area contributed by atoms with Crippen LogP contribution >= 0.6 is 0 Å². The summed E-state index contributed by atoms with van der Waals surface area (Å²) in [6.07, 6.45) is 4.65. The standard InChI is InChI=1S/C12H16N4/c1-9-7-12(15-8-11(9)14)16(6-2-5-13)10-3-4-10/h7-8,10H,2-4,6,14H2,1H3. The second-order valence-corrected chi connectivity index (χ2v) is 4.23. The van der Waals surface area contributed by atoms with E-state index in [1.165, 1.54) is 12.8 Å². The Kier molecular flexibility index (Phi) is 2.95. The monoisotopic (exact) mass is 216 g/mol. The summed E-state index contributed by atoms with van der Waals surface area (Å²) in [5.41, 5.74) is 7.52. The molecule has 0 bridgehead atoms. The molecule has 1 aromatic rings. The third-order valence-corrected chi connectivity index (χ3v) is 2.88. The molecule has 0 aliphatic heterocycles. The zero-order valence-electron chi connectivity index (χ0n) is 9.48. The first-order chi connectivity index (χ1) is 7.72. The molecule has 1 saturated carbocycles. The average Bonchev–Trinajstić information content (AvgIpc) is 3.08. The number of aromatic nitrogens is 1.